The molecule has 0 bridgehead atoms. The van der Waals surface area contributed by atoms with Crippen LogP contribution in [0.5, 0.6) is 0 Å². The maximum absolute atomic E-state index is 12.2. The van der Waals surface area contributed by atoms with Crippen LogP contribution >= 0.6 is 0 Å². The zero-order chi connectivity index (χ0) is 16.4. The van der Waals surface area contributed by atoms with Crippen LogP contribution in [0.1, 0.15) is 33.2 Å². The molecule has 2 aromatic rings. The third-order valence-electron chi connectivity index (χ3n) is 3.81. The quantitative estimate of drug-likeness (QED) is 0.882. The Labute approximate surface area is 133 Å². The van der Waals surface area contributed by atoms with Crippen molar-refractivity contribution in [2.45, 2.75) is 13.5 Å². The monoisotopic (exact) mass is 308 g/mol. The van der Waals surface area contributed by atoms with Gasteiger partial charge >= 0.3 is 0 Å². The maximum atomic E-state index is 12.2. The molecule has 1 aliphatic heterocycles. The number of nitrogens with zero attached hydrogens (tertiary/aromatic N) is 1. The van der Waals surface area contributed by atoms with Crippen LogP contribution < -0.4 is 5.32 Å². The molecule has 2 amide bonds. The molecule has 23 heavy (non-hydrogen) atoms. The Kier molecular flexibility index (Phi) is 3.93. The fourth-order valence-electron chi connectivity index (χ4n) is 2.60. The molecule has 0 saturated heterocycles. The number of hydrogen-bond donors (Lipinski definition) is 1. The van der Waals surface area contributed by atoms with Crippen LogP contribution in [-0.4, -0.2) is 29.0 Å². The highest BCUT2D eigenvalue weighted by atomic mass is 16.2. The lowest BCUT2D eigenvalue weighted by molar-refractivity contribution is -0.116. The molecule has 0 aromatic heterocycles. The molecule has 0 spiro atoms. The summed E-state index contributed by atoms with van der Waals surface area (Å²) in [6.45, 7) is 1.94. The third-order valence-corrected chi connectivity index (χ3v) is 3.81. The largest absolute Gasteiger partial charge is 0.325 e. The van der Waals surface area contributed by atoms with E-state index in [1.807, 2.05) is 18.2 Å². The predicted octanol–water partition coefficient (Wildman–Crippen LogP) is 2.48. The number of Topliss-reactive ketones (excluding diaryl/α,β-unsaturated/α-hetero) is 1. The lowest BCUT2D eigenvalue weighted by Gasteiger charge is -2.15. The number of hydrogen-bond acceptors (Lipinski definition) is 3. The van der Waals surface area contributed by atoms with Crippen molar-refractivity contribution >= 4 is 23.3 Å². The van der Waals surface area contributed by atoms with Gasteiger partial charge in [0.2, 0.25) is 5.91 Å². The number of rotatable bonds is 4. The molecule has 2 aromatic carbocycles. The first-order chi connectivity index (χ1) is 11.0. The summed E-state index contributed by atoms with van der Waals surface area (Å²) >= 11 is 0. The number of amides is 2. The van der Waals surface area contributed by atoms with Gasteiger partial charge < -0.3 is 10.2 Å². The van der Waals surface area contributed by atoms with Gasteiger partial charge in [-0.1, -0.05) is 18.2 Å². The molecular weight excluding hydrogens is 292 g/mol. The summed E-state index contributed by atoms with van der Waals surface area (Å²) in [6, 6.07) is 14.0. The molecule has 0 unspecified atom stereocenters. The Morgan fingerprint density at radius 1 is 1.09 bits per heavy atom. The lowest BCUT2D eigenvalue weighted by atomic mass is 10.1. The van der Waals surface area contributed by atoms with Crippen LogP contribution in [-0.2, 0) is 11.3 Å². The van der Waals surface area contributed by atoms with Gasteiger partial charge in [0.25, 0.3) is 5.91 Å². The number of nitrogens with one attached hydrogen (secondary N) is 1. The second-order valence-electron chi connectivity index (χ2n) is 5.50. The molecule has 0 saturated carbocycles. The summed E-state index contributed by atoms with van der Waals surface area (Å²) in [7, 11) is 0. The third kappa shape index (κ3) is 3.13. The van der Waals surface area contributed by atoms with Crippen molar-refractivity contribution in [2.24, 2.45) is 0 Å². The molecule has 5 nitrogen and oxygen atoms in total. The number of benzene rings is 2. The molecule has 0 atom stereocenters. The van der Waals surface area contributed by atoms with Crippen molar-refractivity contribution in [1.82, 2.24) is 4.90 Å². The van der Waals surface area contributed by atoms with E-state index in [2.05, 4.69) is 5.32 Å². The Balaban J connectivity index is 1.62. The van der Waals surface area contributed by atoms with E-state index in [0.29, 0.717) is 23.4 Å². The van der Waals surface area contributed by atoms with Gasteiger partial charge in [0.1, 0.15) is 6.54 Å². The van der Waals surface area contributed by atoms with E-state index in [1.54, 1.807) is 30.3 Å². The minimum absolute atomic E-state index is 0.00196. The van der Waals surface area contributed by atoms with E-state index < -0.39 is 0 Å². The second-order valence-corrected chi connectivity index (χ2v) is 5.50. The first kappa shape index (κ1) is 15.0. The molecule has 1 aliphatic rings. The summed E-state index contributed by atoms with van der Waals surface area (Å²) in [4.78, 5) is 37.1. The van der Waals surface area contributed by atoms with Gasteiger partial charge in [-0.3, -0.25) is 14.4 Å². The molecule has 0 fully saturated rings. The van der Waals surface area contributed by atoms with Crippen LogP contribution in [0, 0.1) is 0 Å². The number of fused-ring (bicyclic) bond motifs is 1. The fraction of sp³-hybridized carbons (Fsp3) is 0.167. The van der Waals surface area contributed by atoms with Crippen molar-refractivity contribution in [3.8, 4) is 0 Å². The van der Waals surface area contributed by atoms with Gasteiger partial charge in [-0.05, 0) is 42.8 Å². The molecule has 1 heterocycles. The van der Waals surface area contributed by atoms with Gasteiger partial charge in [0.05, 0.1) is 0 Å². The summed E-state index contributed by atoms with van der Waals surface area (Å²) in [5, 5.41) is 2.74. The fourth-order valence-corrected chi connectivity index (χ4v) is 2.60. The molecular formula is C18H16N2O3. The van der Waals surface area contributed by atoms with Crippen molar-refractivity contribution < 1.29 is 14.4 Å². The van der Waals surface area contributed by atoms with Crippen molar-refractivity contribution in [2.75, 3.05) is 11.9 Å². The normalized spacial score (nSPS) is 12.9. The van der Waals surface area contributed by atoms with Crippen molar-refractivity contribution in [3.63, 3.8) is 0 Å². The van der Waals surface area contributed by atoms with Crippen LogP contribution in [0.25, 0.3) is 0 Å². The Bertz CT molecular complexity index is 781. The predicted molar refractivity (Wildman–Crippen MR) is 86.3 cm³/mol. The number of carbonyl (C=O) groups is 3. The Hall–Kier alpha value is -2.95. The Morgan fingerprint density at radius 2 is 1.78 bits per heavy atom. The van der Waals surface area contributed by atoms with Gasteiger partial charge in [-0.2, -0.15) is 0 Å². The highest BCUT2D eigenvalue weighted by Gasteiger charge is 2.28. The van der Waals surface area contributed by atoms with E-state index >= 15 is 0 Å². The minimum Gasteiger partial charge on any atom is -0.325 e. The van der Waals surface area contributed by atoms with Crippen molar-refractivity contribution in [3.05, 3.63) is 65.2 Å². The standard InChI is InChI=1S/C18H16N2O3/c1-12(21)13-6-8-15(9-7-13)19-17(22)11-20-10-14-4-2-3-5-16(14)18(20)23/h2-9H,10-11H2,1H3,(H,19,22). The maximum Gasteiger partial charge on any atom is 0.254 e. The second kappa shape index (κ2) is 6.04. The van der Waals surface area contributed by atoms with E-state index in [1.165, 1.54) is 11.8 Å². The molecule has 116 valence electrons. The summed E-state index contributed by atoms with van der Waals surface area (Å²) in [5.41, 5.74) is 2.79. The zero-order valence-electron chi connectivity index (χ0n) is 12.7. The van der Waals surface area contributed by atoms with E-state index in [9.17, 15) is 14.4 Å². The van der Waals surface area contributed by atoms with Crippen LogP contribution in [0.4, 0.5) is 5.69 Å². The number of carbonyl (C=O) groups excluding carboxylic acids is 3. The van der Waals surface area contributed by atoms with Gasteiger partial charge in [-0.25, -0.2) is 0 Å². The lowest BCUT2D eigenvalue weighted by Crippen LogP contribution is -2.33. The molecule has 3 rings (SSSR count). The van der Waals surface area contributed by atoms with Gasteiger partial charge in [0, 0.05) is 23.4 Å². The smallest absolute Gasteiger partial charge is 0.254 e. The minimum atomic E-state index is -0.262. The molecule has 1 N–H and O–H groups in total. The topological polar surface area (TPSA) is 66.5 Å². The SMILES string of the molecule is CC(=O)c1ccc(NC(=O)CN2Cc3ccccc3C2=O)cc1. The Morgan fingerprint density at radius 3 is 2.43 bits per heavy atom. The first-order valence-electron chi connectivity index (χ1n) is 7.32. The van der Waals surface area contributed by atoms with Gasteiger partial charge in [-0.15, -0.1) is 0 Å². The van der Waals surface area contributed by atoms with E-state index in [4.69, 9.17) is 0 Å². The average Bonchev–Trinajstić information content (AvgIpc) is 2.84. The summed E-state index contributed by atoms with van der Waals surface area (Å²) in [5.74, 6) is -0.410. The molecule has 5 heteroatoms. The number of anilines is 1. The molecule has 0 aliphatic carbocycles. The molecule has 0 radical (unpaired) electrons. The summed E-state index contributed by atoms with van der Waals surface area (Å²) in [6.07, 6.45) is 0. The summed E-state index contributed by atoms with van der Waals surface area (Å²) < 4.78 is 0. The van der Waals surface area contributed by atoms with E-state index in [-0.39, 0.29) is 24.1 Å². The van der Waals surface area contributed by atoms with Gasteiger partial charge in [0.15, 0.2) is 5.78 Å². The highest BCUT2D eigenvalue weighted by molar-refractivity contribution is 6.02. The zero-order valence-corrected chi connectivity index (χ0v) is 12.7. The highest BCUT2D eigenvalue weighted by Crippen LogP contribution is 2.22. The average molecular weight is 308 g/mol. The number of ketones is 1. The van der Waals surface area contributed by atoms with Crippen LogP contribution in [0.15, 0.2) is 48.5 Å². The van der Waals surface area contributed by atoms with Crippen LogP contribution in [0.2, 0.25) is 0 Å². The van der Waals surface area contributed by atoms with Crippen LogP contribution in [0.3, 0.4) is 0 Å². The first-order valence-corrected chi connectivity index (χ1v) is 7.32. The van der Waals surface area contributed by atoms with Crippen molar-refractivity contribution in [1.29, 1.82) is 0 Å². The van der Waals surface area contributed by atoms with E-state index in [0.717, 1.165) is 5.56 Å².